The third-order valence-electron chi connectivity index (χ3n) is 5.03. The van der Waals surface area contributed by atoms with Crippen LogP contribution in [0.4, 0.5) is 5.69 Å². The summed E-state index contributed by atoms with van der Waals surface area (Å²) in [6.45, 7) is 0.914. The number of methoxy groups -OCH3 is 1. The Balaban J connectivity index is 1.67. The number of amides is 1. The zero-order valence-corrected chi connectivity index (χ0v) is 16.0. The minimum atomic E-state index is -0.262. The van der Waals surface area contributed by atoms with E-state index in [1.54, 1.807) is 7.11 Å². The molecule has 0 radical (unpaired) electrons. The molecule has 0 fully saturated rings. The van der Waals surface area contributed by atoms with Crippen LogP contribution in [0.2, 0.25) is 0 Å². The molecule has 0 saturated heterocycles. The molecule has 1 atom stereocenters. The number of allylic oxidation sites excluding steroid dienone is 1. The van der Waals surface area contributed by atoms with Crippen LogP contribution in [-0.4, -0.2) is 19.6 Å². The van der Waals surface area contributed by atoms with Crippen molar-refractivity contribution in [1.29, 1.82) is 0 Å². The van der Waals surface area contributed by atoms with Gasteiger partial charge in [0.2, 0.25) is 0 Å². The number of hydrogen-bond acceptors (Lipinski definition) is 2. The molecule has 0 aliphatic heterocycles. The predicted octanol–water partition coefficient (Wildman–Crippen LogP) is 3.83. The maximum absolute atomic E-state index is 13.0. The standard InChI is InChI=1S/C23H28N2O2/c1-27-21-14-8-13-20(17-21)25-23(26)22(19-11-6-3-7-12-19)24-16-15-18-9-4-2-5-10-18/h3,6-9,11-14,17,22,24H,2,4-5,10,15-16H2,1H3,(H,25,26)/p+1/t22-/m1/s1. The fourth-order valence-electron chi connectivity index (χ4n) is 3.54. The minimum Gasteiger partial charge on any atom is -0.497 e. The van der Waals surface area contributed by atoms with Gasteiger partial charge in [0.1, 0.15) is 5.75 Å². The molecule has 142 valence electrons. The molecule has 27 heavy (non-hydrogen) atoms. The van der Waals surface area contributed by atoms with E-state index in [-0.39, 0.29) is 11.9 Å². The summed E-state index contributed by atoms with van der Waals surface area (Å²) < 4.78 is 5.25. The minimum absolute atomic E-state index is 0.00734. The van der Waals surface area contributed by atoms with Gasteiger partial charge in [-0.15, -0.1) is 0 Å². The van der Waals surface area contributed by atoms with Gasteiger partial charge in [0, 0.05) is 23.7 Å². The number of nitrogens with one attached hydrogen (secondary N) is 1. The Kier molecular flexibility index (Phi) is 7.05. The zero-order chi connectivity index (χ0) is 18.9. The van der Waals surface area contributed by atoms with Crippen LogP contribution >= 0.6 is 0 Å². The van der Waals surface area contributed by atoms with E-state index in [9.17, 15) is 4.79 Å². The lowest BCUT2D eigenvalue weighted by Crippen LogP contribution is -2.87. The van der Waals surface area contributed by atoms with Gasteiger partial charge in [0.15, 0.2) is 6.04 Å². The average Bonchev–Trinajstić information content (AvgIpc) is 2.72. The molecule has 1 aliphatic carbocycles. The van der Waals surface area contributed by atoms with Gasteiger partial charge in [0.25, 0.3) is 5.91 Å². The third-order valence-corrected chi connectivity index (χ3v) is 5.03. The van der Waals surface area contributed by atoms with Crippen molar-refractivity contribution in [3.8, 4) is 5.75 Å². The maximum Gasteiger partial charge on any atom is 0.287 e. The SMILES string of the molecule is COc1cccc(NC(=O)[C@H]([NH2+]CCC2=CCCCC2)c2ccccc2)c1. The molecule has 0 heterocycles. The summed E-state index contributed by atoms with van der Waals surface area (Å²) in [6.07, 6.45) is 8.45. The molecule has 1 amide bonds. The molecular weight excluding hydrogens is 336 g/mol. The predicted molar refractivity (Wildman–Crippen MR) is 109 cm³/mol. The first-order valence-electron chi connectivity index (χ1n) is 9.77. The molecule has 2 aromatic carbocycles. The van der Waals surface area contributed by atoms with Crippen LogP contribution in [-0.2, 0) is 4.79 Å². The third kappa shape index (κ3) is 5.69. The highest BCUT2D eigenvalue weighted by atomic mass is 16.5. The summed E-state index contributed by atoms with van der Waals surface area (Å²) >= 11 is 0. The van der Waals surface area contributed by atoms with Crippen LogP contribution in [0.5, 0.6) is 5.75 Å². The second kappa shape index (κ2) is 9.93. The van der Waals surface area contributed by atoms with Gasteiger partial charge in [0.05, 0.1) is 13.7 Å². The molecule has 2 aromatic rings. The van der Waals surface area contributed by atoms with Gasteiger partial charge in [-0.25, -0.2) is 0 Å². The van der Waals surface area contributed by atoms with Crippen molar-refractivity contribution in [2.75, 3.05) is 19.0 Å². The number of rotatable bonds is 8. The molecule has 0 bridgehead atoms. The lowest BCUT2D eigenvalue weighted by atomic mass is 9.97. The molecule has 0 saturated carbocycles. The van der Waals surface area contributed by atoms with Crippen molar-refractivity contribution >= 4 is 11.6 Å². The molecule has 3 N–H and O–H groups in total. The number of benzene rings is 2. The van der Waals surface area contributed by atoms with Crippen LogP contribution in [0.3, 0.4) is 0 Å². The Morgan fingerprint density at radius 3 is 2.74 bits per heavy atom. The molecule has 0 unspecified atom stereocenters. The Labute approximate surface area is 161 Å². The molecule has 0 aromatic heterocycles. The highest BCUT2D eigenvalue weighted by molar-refractivity contribution is 5.94. The number of nitrogens with two attached hydrogens (primary N) is 1. The van der Waals surface area contributed by atoms with Gasteiger partial charge >= 0.3 is 0 Å². The summed E-state index contributed by atoms with van der Waals surface area (Å²) in [7, 11) is 1.63. The van der Waals surface area contributed by atoms with Crippen LogP contribution in [0.25, 0.3) is 0 Å². The molecular formula is C23H29N2O2+. The topological polar surface area (TPSA) is 54.9 Å². The Morgan fingerprint density at radius 2 is 2.00 bits per heavy atom. The van der Waals surface area contributed by atoms with Crippen LogP contribution in [0.1, 0.15) is 43.7 Å². The highest BCUT2D eigenvalue weighted by Gasteiger charge is 2.24. The molecule has 0 spiro atoms. The van der Waals surface area contributed by atoms with E-state index in [0.717, 1.165) is 30.0 Å². The number of anilines is 1. The van der Waals surface area contributed by atoms with Gasteiger partial charge in [-0.3, -0.25) is 4.79 Å². The first kappa shape index (κ1) is 19.2. The van der Waals surface area contributed by atoms with Gasteiger partial charge < -0.3 is 15.4 Å². The van der Waals surface area contributed by atoms with Gasteiger partial charge in [-0.1, -0.05) is 48.0 Å². The highest BCUT2D eigenvalue weighted by Crippen LogP contribution is 2.20. The number of quaternary nitrogens is 1. The van der Waals surface area contributed by atoms with E-state index in [2.05, 4.69) is 16.7 Å². The molecule has 4 heteroatoms. The zero-order valence-electron chi connectivity index (χ0n) is 16.0. The Morgan fingerprint density at radius 1 is 1.15 bits per heavy atom. The average molecular weight is 365 g/mol. The molecule has 1 aliphatic rings. The first-order chi connectivity index (χ1) is 13.3. The fraction of sp³-hybridized carbons (Fsp3) is 0.348. The molecule has 3 rings (SSSR count). The fourth-order valence-corrected chi connectivity index (χ4v) is 3.54. The molecule has 4 nitrogen and oxygen atoms in total. The van der Waals surface area contributed by atoms with Crippen molar-refractivity contribution in [2.45, 2.75) is 38.1 Å². The largest absolute Gasteiger partial charge is 0.497 e. The number of ether oxygens (including phenoxy) is 1. The van der Waals surface area contributed by atoms with E-state index < -0.39 is 0 Å². The number of carbonyl (C=O) groups excluding carboxylic acids is 1. The van der Waals surface area contributed by atoms with Crippen molar-refractivity contribution in [3.63, 3.8) is 0 Å². The van der Waals surface area contributed by atoms with Crippen LogP contribution in [0.15, 0.2) is 66.2 Å². The lowest BCUT2D eigenvalue weighted by molar-refractivity contribution is -0.682. The second-order valence-corrected chi connectivity index (χ2v) is 6.99. The van der Waals surface area contributed by atoms with Crippen molar-refractivity contribution < 1.29 is 14.8 Å². The van der Waals surface area contributed by atoms with Crippen molar-refractivity contribution in [3.05, 3.63) is 71.8 Å². The monoisotopic (exact) mass is 365 g/mol. The van der Waals surface area contributed by atoms with Crippen molar-refractivity contribution in [1.82, 2.24) is 0 Å². The summed E-state index contributed by atoms with van der Waals surface area (Å²) in [6, 6.07) is 17.2. The maximum atomic E-state index is 13.0. The normalized spacial score (nSPS) is 14.9. The van der Waals surface area contributed by atoms with Crippen LogP contribution in [0, 0.1) is 0 Å². The second-order valence-electron chi connectivity index (χ2n) is 6.99. The van der Waals surface area contributed by atoms with E-state index in [0.29, 0.717) is 0 Å². The van der Waals surface area contributed by atoms with Crippen molar-refractivity contribution in [2.24, 2.45) is 0 Å². The summed E-state index contributed by atoms with van der Waals surface area (Å²) in [5, 5.41) is 5.19. The first-order valence-corrected chi connectivity index (χ1v) is 9.77. The van der Waals surface area contributed by atoms with E-state index in [1.165, 1.54) is 31.3 Å². The Bertz CT molecular complexity index is 771. The summed E-state index contributed by atoms with van der Waals surface area (Å²) in [4.78, 5) is 13.0. The smallest absolute Gasteiger partial charge is 0.287 e. The van der Waals surface area contributed by atoms with Gasteiger partial charge in [-0.2, -0.15) is 0 Å². The van der Waals surface area contributed by atoms with E-state index >= 15 is 0 Å². The lowest BCUT2D eigenvalue weighted by Gasteiger charge is -2.18. The van der Waals surface area contributed by atoms with E-state index in [4.69, 9.17) is 4.74 Å². The number of hydrogen-bond donors (Lipinski definition) is 2. The Hall–Kier alpha value is -2.59. The quantitative estimate of drug-likeness (QED) is 0.699. The number of carbonyl (C=O) groups is 1. The summed E-state index contributed by atoms with van der Waals surface area (Å²) in [5.41, 5.74) is 3.32. The van der Waals surface area contributed by atoms with Crippen LogP contribution < -0.4 is 15.4 Å². The van der Waals surface area contributed by atoms with Gasteiger partial charge in [-0.05, 0) is 37.8 Å². The van der Waals surface area contributed by atoms with E-state index in [1.807, 2.05) is 54.6 Å². The summed E-state index contributed by atoms with van der Waals surface area (Å²) in [5.74, 6) is 0.726.